The van der Waals surface area contributed by atoms with E-state index in [1.54, 1.807) is 14.2 Å². The zero-order chi connectivity index (χ0) is 21.9. The molecular weight excluding hydrogens is 519 g/mol. The van der Waals surface area contributed by atoms with Crippen molar-refractivity contribution in [2.24, 2.45) is 4.99 Å². The summed E-state index contributed by atoms with van der Waals surface area (Å²) in [7, 11) is 5.21. The van der Waals surface area contributed by atoms with Crippen LogP contribution in [0.5, 0.6) is 17.2 Å². The Hall–Kier alpha value is -2.04. The summed E-state index contributed by atoms with van der Waals surface area (Å²) >= 11 is 0. The van der Waals surface area contributed by atoms with Crippen LogP contribution in [0.15, 0.2) is 53.5 Å². The molecule has 0 saturated carbocycles. The summed E-state index contributed by atoms with van der Waals surface area (Å²) in [4.78, 5) is 6.83. The summed E-state index contributed by atoms with van der Waals surface area (Å²) in [5, 5.41) is 6.96. The number of piperidine rings is 1. The van der Waals surface area contributed by atoms with Crippen LogP contribution in [0.25, 0.3) is 0 Å². The van der Waals surface area contributed by atoms with Gasteiger partial charge in [0.15, 0.2) is 17.5 Å². The normalized spacial score (nSPS) is 15.0. The Morgan fingerprint density at radius 2 is 1.72 bits per heavy atom. The first-order valence-electron chi connectivity index (χ1n) is 10.8. The van der Waals surface area contributed by atoms with Crippen LogP contribution in [0.4, 0.5) is 0 Å². The van der Waals surface area contributed by atoms with E-state index < -0.39 is 0 Å². The number of nitrogens with one attached hydrogen (secondary N) is 2. The number of para-hydroxylation sites is 2. The van der Waals surface area contributed by atoms with Gasteiger partial charge >= 0.3 is 0 Å². The molecule has 0 radical (unpaired) electrons. The molecule has 0 amide bonds. The standard InChI is InChI=1S/C24H34N4O3.HI/c1-25-24(27-20-12-14-28(15-13-20)16-17-29-2)26-18-19-8-10-21(11-9-19)31-23-7-5-4-6-22(23)30-3;/h4-11,20H,12-18H2,1-3H3,(H2,25,26,27);1H. The third-order valence-corrected chi connectivity index (χ3v) is 5.44. The second-order valence-corrected chi connectivity index (χ2v) is 7.58. The van der Waals surface area contributed by atoms with Crippen molar-refractivity contribution < 1.29 is 14.2 Å². The number of ether oxygens (including phenoxy) is 3. The van der Waals surface area contributed by atoms with Gasteiger partial charge in [-0.3, -0.25) is 4.99 Å². The monoisotopic (exact) mass is 554 g/mol. The molecule has 32 heavy (non-hydrogen) atoms. The van der Waals surface area contributed by atoms with Crippen LogP contribution in [0.1, 0.15) is 18.4 Å². The molecule has 1 heterocycles. The van der Waals surface area contributed by atoms with Crippen molar-refractivity contribution in [1.82, 2.24) is 15.5 Å². The fraction of sp³-hybridized carbons (Fsp3) is 0.458. The van der Waals surface area contributed by atoms with E-state index in [0.717, 1.165) is 56.4 Å². The summed E-state index contributed by atoms with van der Waals surface area (Å²) in [5.41, 5.74) is 1.16. The molecular formula is C24H35IN4O3. The predicted molar refractivity (Wildman–Crippen MR) is 140 cm³/mol. The highest BCUT2D eigenvalue weighted by atomic mass is 127. The molecule has 2 aromatic rings. The highest BCUT2D eigenvalue weighted by Gasteiger charge is 2.19. The number of halogens is 1. The average Bonchev–Trinajstić information content (AvgIpc) is 2.82. The average molecular weight is 554 g/mol. The van der Waals surface area contributed by atoms with E-state index in [-0.39, 0.29) is 24.0 Å². The maximum absolute atomic E-state index is 5.94. The number of methoxy groups -OCH3 is 2. The molecule has 2 N–H and O–H groups in total. The van der Waals surface area contributed by atoms with Gasteiger partial charge in [-0.05, 0) is 42.7 Å². The number of nitrogens with zero attached hydrogens (tertiary/aromatic N) is 2. The van der Waals surface area contributed by atoms with Crippen LogP contribution in [-0.2, 0) is 11.3 Å². The van der Waals surface area contributed by atoms with Crippen LogP contribution in [0.2, 0.25) is 0 Å². The molecule has 3 rings (SSSR count). The molecule has 1 saturated heterocycles. The number of aliphatic imine (C=N–C) groups is 1. The second-order valence-electron chi connectivity index (χ2n) is 7.58. The lowest BCUT2D eigenvalue weighted by Crippen LogP contribution is -2.48. The van der Waals surface area contributed by atoms with E-state index in [1.807, 2.05) is 43.4 Å². The fourth-order valence-electron chi connectivity index (χ4n) is 3.60. The molecule has 0 spiro atoms. The van der Waals surface area contributed by atoms with Gasteiger partial charge in [-0.1, -0.05) is 24.3 Å². The fourth-order valence-corrected chi connectivity index (χ4v) is 3.60. The van der Waals surface area contributed by atoms with Gasteiger partial charge in [0.05, 0.1) is 13.7 Å². The van der Waals surface area contributed by atoms with Crippen LogP contribution in [0, 0.1) is 0 Å². The van der Waals surface area contributed by atoms with Crippen molar-refractivity contribution in [2.75, 3.05) is 47.5 Å². The SMILES string of the molecule is CN=C(NCc1ccc(Oc2ccccc2OC)cc1)NC1CCN(CCOC)CC1.I. The zero-order valence-electron chi connectivity index (χ0n) is 19.2. The first-order chi connectivity index (χ1) is 15.2. The van der Waals surface area contributed by atoms with Crippen molar-refractivity contribution in [3.05, 3.63) is 54.1 Å². The minimum atomic E-state index is 0. The molecule has 176 valence electrons. The topological polar surface area (TPSA) is 67.4 Å². The van der Waals surface area contributed by atoms with Gasteiger partial charge in [0.2, 0.25) is 0 Å². The molecule has 1 aliphatic rings. The Kier molecular flexibility index (Phi) is 11.6. The lowest BCUT2D eigenvalue weighted by atomic mass is 10.1. The Balaban J connectivity index is 0.00000363. The van der Waals surface area contributed by atoms with Gasteiger partial charge in [0.1, 0.15) is 5.75 Å². The minimum absolute atomic E-state index is 0. The van der Waals surface area contributed by atoms with E-state index in [2.05, 4.69) is 32.7 Å². The third kappa shape index (κ3) is 8.14. The largest absolute Gasteiger partial charge is 0.493 e. The maximum atomic E-state index is 5.94. The number of benzene rings is 2. The highest BCUT2D eigenvalue weighted by molar-refractivity contribution is 14.0. The minimum Gasteiger partial charge on any atom is -0.493 e. The first kappa shape index (κ1) is 26.2. The maximum Gasteiger partial charge on any atom is 0.191 e. The second kappa shape index (κ2) is 14.2. The van der Waals surface area contributed by atoms with Crippen LogP contribution in [0.3, 0.4) is 0 Å². The molecule has 0 bridgehead atoms. The molecule has 0 aromatic heterocycles. The predicted octanol–water partition coefficient (Wildman–Crippen LogP) is 3.88. The van der Waals surface area contributed by atoms with Crippen LogP contribution >= 0.6 is 24.0 Å². The van der Waals surface area contributed by atoms with Crippen molar-refractivity contribution >= 4 is 29.9 Å². The number of likely N-dealkylation sites (tertiary alicyclic amines) is 1. The Morgan fingerprint density at radius 1 is 1.03 bits per heavy atom. The third-order valence-electron chi connectivity index (χ3n) is 5.44. The molecule has 2 aromatic carbocycles. The molecule has 1 aliphatic heterocycles. The van der Waals surface area contributed by atoms with E-state index in [9.17, 15) is 0 Å². The van der Waals surface area contributed by atoms with Crippen molar-refractivity contribution in [1.29, 1.82) is 0 Å². The molecule has 0 atom stereocenters. The quantitative estimate of drug-likeness (QED) is 0.279. The Bertz CT molecular complexity index is 824. The molecule has 0 unspecified atom stereocenters. The van der Waals surface area contributed by atoms with E-state index in [1.165, 1.54) is 0 Å². The molecule has 7 nitrogen and oxygen atoms in total. The lowest BCUT2D eigenvalue weighted by molar-refractivity contribution is 0.128. The van der Waals surface area contributed by atoms with Gasteiger partial charge in [0, 0.05) is 46.4 Å². The Labute approximate surface area is 208 Å². The smallest absolute Gasteiger partial charge is 0.191 e. The summed E-state index contributed by atoms with van der Waals surface area (Å²) in [6, 6.07) is 16.1. The summed E-state index contributed by atoms with van der Waals surface area (Å²) in [5.74, 6) is 3.03. The van der Waals surface area contributed by atoms with E-state index in [0.29, 0.717) is 24.1 Å². The van der Waals surface area contributed by atoms with E-state index >= 15 is 0 Å². The van der Waals surface area contributed by atoms with Gasteiger partial charge < -0.3 is 29.7 Å². The van der Waals surface area contributed by atoms with Gasteiger partial charge in [0.25, 0.3) is 0 Å². The zero-order valence-corrected chi connectivity index (χ0v) is 21.5. The number of rotatable bonds is 9. The van der Waals surface area contributed by atoms with E-state index in [4.69, 9.17) is 14.2 Å². The van der Waals surface area contributed by atoms with Crippen molar-refractivity contribution in [3.8, 4) is 17.2 Å². The highest BCUT2D eigenvalue weighted by Crippen LogP contribution is 2.30. The number of hydrogen-bond acceptors (Lipinski definition) is 5. The molecule has 8 heteroatoms. The van der Waals surface area contributed by atoms with Crippen molar-refractivity contribution in [2.45, 2.75) is 25.4 Å². The van der Waals surface area contributed by atoms with Crippen LogP contribution in [-0.4, -0.2) is 64.4 Å². The Morgan fingerprint density at radius 3 is 2.34 bits per heavy atom. The summed E-state index contributed by atoms with van der Waals surface area (Å²) in [6.07, 6.45) is 2.22. The van der Waals surface area contributed by atoms with Gasteiger partial charge in [-0.2, -0.15) is 0 Å². The molecule has 0 aliphatic carbocycles. The van der Waals surface area contributed by atoms with Crippen molar-refractivity contribution in [3.63, 3.8) is 0 Å². The van der Waals surface area contributed by atoms with Crippen LogP contribution < -0.4 is 20.1 Å². The van der Waals surface area contributed by atoms with Gasteiger partial charge in [-0.25, -0.2) is 0 Å². The first-order valence-corrected chi connectivity index (χ1v) is 10.8. The number of guanidine groups is 1. The lowest BCUT2D eigenvalue weighted by Gasteiger charge is -2.32. The van der Waals surface area contributed by atoms with Gasteiger partial charge in [-0.15, -0.1) is 24.0 Å². The summed E-state index contributed by atoms with van der Waals surface area (Å²) < 4.78 is 16.5. The summed E-state index contributed by atoms with van der Waals surface area (Å²) in [6.45, 7) is 4.68. The molecule has 1 fully saturated rings. The number of hydrogen-bond donors (Lipinski definition) is 2.